The molecule has 2 aromatic carbocycles. The summed E-state index contributed by atoms with van der Waals surface area (Å²) in [5.74, 6) is -1.27. The Hall–Kier alpha value is -3.21. The van der Waals surface area contributed by atoms with Crippen LogP contribution in [0.4, 0.5) is 4.39 Å². The van der Waals surface area contributed by atoms with Crippen LogP contribution in [-0.2, 0) is 17.8 Å². The predicted octanol–water partition coefficient (Wildman–Crippen LogP) is 4.00. The van der Waals surface area contributed by atoms with E-state index in [-0.39, 0.29) is 12.4 Å². The summed E-state index contributed by atoms with van der Waals surface area (Å²) in [6.07, 6.45) is 2.28. The number of hydrogen-bond acceptors (Lipinski definition) is 2. The van der Waals surface area contributed by atoms with Gasteiger partial charge in [0.25, 0.3) is 0 Å². The summed E-state index contributed by atoms with van der Waals surface area (Å²) in [4.78, 5) is 15.7. The van der Waals surface area contributed by atoms with E-state index in [1.807, 2.05) is 36.4 Å². The second kappa shape index (κ2) is 6.02. The van der Waals surface area contributed by atoms with Crippen LogP contribution in [0.25, 0.3) is 21.8 Å². The number of hydrogen-bond donors (Lipinski definition) is 1. The molecule has 0 aliphatic carbocycles. The minimum Gasteiger partial charge on any atom is -0.480 e. The Balaban J connectivity index is 1.79. The summed E-state index contributed by atoms with van der Waals surface area (Å²) in [5, 5.41) is 10.9. The summed E-state index contributed by atoms with van der Waals surface area (Å²) >= 11 is 0. The Labute approximate surface area is 143 Å². The van der Waals surface area contributed by atoms with Crippen LogP contribution >= 0.6 is 0 Å². The number of benzene rings is 2. The monoisotopic (exact) mass is 334 g/mol. The predicted molar refractivity (Wildman–Crippen MR) is 94.1 cm³/mol. The number of nitrogens with zero attached hydrogens (tertiary/aromatic N) is 2. The molecular formula is C20H15FN2O2. The number of carbonyl (C=O) groups is 1. The van der Waals surface area contributed by atoms with Crippen LogP contribution in [0.5, 0.6) is 0 Å². The van der Waals surface area contributed by atoms with Crippen LogP contribution in [0.3, 0.4) is 0 Å². The zero-order chi connectivity index (χ0) is 17.4. The van der Waals surface area contributed by atoms with Gasteiger partial charge in [-0.3, -0.25) is 9.78 Å². The van der Waals surface area contributed by atoms with Gasteiger partial charge in [0, 0.05) is 34.6 Å². The first kappa shape index (κ1) is 15.3. The lowest BCUT2D eigenvalue weighted by Crippen LogP contribution is -2.07. The number of carboxylic acids is 1. The van der Waals surface area contributed by atoms with Gasteiger partial charge in [0.15, 0.2) is 0 Å². The van der Waals surface area contributed by atoms with E-state index in [1.54, 1.807) is 16.8 Å². The Kier molecular flexibility index (Phi) is 3.69. The van der Waals surface area contributed by atoms with Crippen molar-refractivity contribution in [1.29, 1.82) is 0 Å². The molecule has 5 heteroatoms. The second-order valence-electron chi connectivity index (χ2n) is 6.01. The van der Waals surface area contributed by atoms with Crippen molar-refractivity contribution in [1.82, 2.24) is 9.55 Å². The Morgan fingerprint density at radius 3 is 2.80 bits per heavy atom. The first-order valence-electron chi connectivity index (χ1n) is 7.94. The van der Waals surface area contributed by atoms with Crippen molar-refractivity contribution < 1.29 is 14.3 Å². The lowest BCUT2D eigenvalue weighted by molar-refractivity contribution is -0.137. The van der Waals surface area contributed by atoms with E-state index in [0.29, 0.717) is 11.9 Å². The minimum atomic E-state index is -0.934. The van der Waals surface area contributed by atoms with Crippen LogP contribution in [-0.4, -0.2) is 20.6 Å². The molecule has 2 aromatic heterocycles. The molecule has 124 valence electrons. The molecule has 0 unspecified atom stereocenters. The number of para-hydroxylation sites is 1. The third-order valence-electron chi connectivity index (χ3n) is 4.26. The van der Waals surface area contributed by atoms with Crippen molar-refractivity contribution in [2.75, 3.05) is 0 Å². The molecule has 0 aliphatic rings. The molecule has 4 nitrogen and oxygen atoms in total. The highest BCUT2D eigenvalue weighted by Crippen LogP contribution is 2.25. The molecule has 2 heterocycles. The average molecular weight is 334 g/mol. The maximum absolute atomic E-state index is 13.7. The fraction of sp³-hybridized carbons (Fsp3) is 0.100. The molecular weight excluding hydrogens is 319 g/mol. The van der Waals surface area contributed by atoms with Gasteiger partial charge in [-0.15, -0.1) is 0 Å². The maximum Gasteiger partial charge on any atom is 0.323 e. The Bertz CT molecular complexity index is 1100. The van der Waals surface area contributed by atoms with E-state index in [0.717, 1.165) is 27.5 Å². The molecule has 0 saturated heterocycles. The number of fused-ring (bicyclic) bond motifs is 2. The van der Waals surface area contributed by atoms with E-state index in [2.05, 4.69) is 4.98 Å². The topological polar surface area (TPSA) is 55.1 Å². The van der Waals surface area contributed by atoms with Crippen molar-refractivity contribution in [3.05, 3.63) is 77.9 Å². The van der Waals surface area contributed by atoms with Gasteiger partial charge >= 0.3 is 5.97 Å². The molecule has 0 fully saturated rings. The maximum atomic E-state index is 13.7. The summed E-state index contributed by atoms with van der Waals surface area (Å²) in [6.45, 7) is -0.159. The Morgan fingerprint density at radius 2 is 1.96 bits per heavy atom. The van der Waals surface area contributed by atoms with Crippen molar-refractivity contribution >= 4 is 27.8 Å². The molecule has 0 bridgehead atoms. The first-order valence-corrected chi connectivity index (χ1v) is 7.94. The van der Waals surface area contributed by atoms with E-state index >= 15 is 0 Å². The summed E-state index contributed by atoms with van der Waals surface area (Å²) in [6, 6.07) is 16.2. The highest BCUT2D eigenvalue weighted by atomic mass is 19.1. The molecule has 25 heavy (non-hydrogen) atoms. The van der Waals surface area contributed by atoms with E-state index in [1.165, 1.54) is 12.1 Å². The fourth-order valence-electron chi connectivity index (χ4n) is 3.16. The Morgan fingerprint density at radius 1 is 1.12 bits per heavy atom. The second-order valence-corrected chi connectivity index (χ2v) is 6.01. The number of pyridine rings is 1. The molecule has 0 amide bonds. The lowest BCUT2D eigenvalue weighted by Gasteiger charge is -2.02. The molecule has 0 atom stereocenters. The summed E-state index contributed by atoms with van der Waals surface area (Å²) in [7, 11) is 0. The summed E-state index contributed by atoms with van der Waals surface area (Å²) in [5.41, 5.74) is 3.33. The molecule has 0 radical (unpaired) electrons. The van der Waals surface area contributed by atoms with Crippen LogP contribution in [0, 0.1) is 5.82 Å². The van der Waals surface area contributed by atoms with E-state index < -0.39 is 5.97 Å². The van der Waals surface area contributed by atoms with E-state index in [4.69, 9.17) is 5.11 Å². The van der Waals surface area contributed by atoms with Gasteiger partial charge in [-0.1, -0.05) is 24.3 Å². The third kappa shape index (κ3) is 2.96. The van der Waals surface area contributed by atoms with Gasteiger partial charge in [-0.2, -0.15) is 0 Å². The van der Waals surface area contributed by atoms with Gasteiger partial charge in [0.05, 0.1) is 5.52 Å². The molecule has 0 aliphatic heterocycles. The van der Waals surface area contributed by atoms with Crippen LogP contribution in [0.1, 0.15) is 11.3 Å². The zero-order valence-corrected chi connectivity index (χ0v) is 13.3. The van der Waals surface area contributed by atoms with Crippen LogP contribution in [0.15, 0.2) is 60.8 Å². The first-order chi connectivity index (χ1) is 12.1. The molecule has 4 rings (SSSR count). The number of rotatable bonds is 4. The quantitative estimate of drug-likeness (QED) is 0.614. The minimum absolute atomic E-state index is 0.159. The number of carboxylic acid groups (broad SMARTS) is 1. The van der Waals surface area contributed by atoms with Gasteiger partial charge in [0.2, 0.25) is 0 Å². The van der Waals surface area contributed by atoms with Crippen molar-refractivity contribution in [2.24, 2.45) is 0 Å². The van der Waals surface area contributed by atoms with Gasteiger partial charge < -0.3 is 9.67 Å². The standard InChI is InChI=1S/C20H15FN2O2/c21-15-6-8-19-17(10-15)14(11-23(19)12-20(24)25)9-16-7-5-13-3-1-2-4-18(13)22-16/h1-8,10-11H,9,12H2,(H,24,25). The SMILES string of the molecule is O=C(O)Cn1cc(Cc2ccc3ccccc3n2)c2cc(F)ccc21. The van der Waals surface area contributed by atoms with Crippen molar-refractivity contribution in [3.63, 3.8) is 0 Å². The normalized spacial score (nSPS) is 11.2. The van der Waals surface area contributed by atoms with Gasteiger partial charge in [-0.25, -0.2) is 4.39 Å². The average Bonchev–Trinajstić information content (AvgIpc) is 2.91. The molecule has 4 aromatic rings. The van der Waals surface area contributed by atoms with E-state index in [9.17, 15) is 9.18 Å². The molecule has 0 spiro atoms. The van der Waals surface area contributed by atoms with Gasteiger partial charge in [-0.05, 0) is 35.9 Å². The number of aliphatic carboxylic acids is 1. The van der Waals surface area contributed by atoms with Gasteiger partial charge in [0.1, 0.15) is 12.4 Å². The van der Waals surface area contributed by atoms with Crippen molar-refractivity contribution in [3.8, 4) is 0 Å². The smallest absolute Gasteiger partial charge is 0.323 e. The van der Waals surface area contributed by atoms with Crippen molar-refractivity contribution in [2.45, 2.75) is 13.0 Å². The zero-order valence-electron chi connectivity index (χ0n) is 13.3. The highest BCUT2D eigenvalue weighted by molar-refractivity contribution is 5.86. The number of aromatic nitrogens is 2. The van der Waals surface area contributed by atoms with Crippen LogP contribution in [0.2, 0.25) is 0 Å². The summed E-state index contributed by atoms with van der Waals surface area (Å²) < 4.78 is 15.3. The number of halogens is 1. The largest absolute Gasteiger partial charge is 0.480 e. The molecule has 1 N–H and O–H groups in total. The molecule has 0 saturated carbocycles. The third-order valence-corrected chi connectivity index (χ3v) is 4.26. The fourth-order valence-corrected chi connectivity index (χ4v) is 3.16. The lowest BCUT2D eigenvalue weighted by atomic mass is 10.1. The van der Waals surface area contributed by atoms with Crippen LogP contribution < -0.4 is 0 Å². The highest BCUT2D eigenvalue weighted by Gasteiger charge is 2.13.